The number of azo groups is 1. The third kappa shape index (κ3) is 4.42. The first kappa shape index (κ1) is 18.4. The molecule has 0 fully saturated rings. The number of benzene rings is 3. The van der Waals surface area contributed by atoms with Crippen LogP contribution in [0.25, 0.3) is 0 Å². The van der Waals surface area contributed by atoms with Crippen molar-refractivity contribution >= 4 is 21.5 Å². The van der Waals surface area contributed by atoms with Crippen LogP contribution in [0.3, 0.4) is 0 Å². The van der Waals surface area contributed by atoms with Gasteiger partial charge in [0.1, 0.15) is 16.3 Å². The van der Waals surface area contributed by atoms with Crippen molar-refractivity contribution in [3.8, 4) is 17.2 Å². The maximum absolute atomic E-state index is 12.6. The second-order valence-corrected chi connectivity index (χ2v) is 7.21. The first-order chi connectivity index (χ1) is 12.8. The largest absolute Gasteiger partial charge is 0.504 e. The maximum atomic E-state index is 12.6. The number of aryl methyl sites for hydroxylation is 1. The van der Waals surface area contributed by atoms with Gasteiger partial charge in [0.2, 0.25) is 0 Å². The predicted octanol–water partition coefficient (Wildman–Crippen LogP) is 4.59. The van der Waals surface area contributed by atoms with Crippen LogP contribution in [-0.4, -0.2) is 18.6 Å². The summed E-state index contributed by atoms with van der Waals surface area (Å²) in [5.74, 6) is -0.454. The average molecular weight is 384 g/mol. The van der Waals surface area contributed by atoms with Crippen LogP contribution in [-0.2, 0) is 10.1 Å². The molecule has 0 amide bonds. The van der Waals surface area contributed by atoms with Crippen molar-refractivity contribution in [1.29, 1.82) is 0 Å². The molecule has 138 valence electrons. The fourth-order valence-corrected chi connectivity index (χ4v) is 3.30. The van der Waals surface area contributed by atoms with E-state index in [1.165, 1.54) is 36.4 Å². The summed E-state index contributed by atoms with van der Waals surface area (Å²) in [4.78, 5) is -0.135. The van der Waals surface area contributed by atoms with Gasteiger partial charge in [-0.2, -0.15) is 13.5 Å². The zero-order valence-corrected chi connectivity index (χ0v) is 15.1. The summed E-state index contributed by atoms with van der Waals surface area (Å²) in [7, 11) is -4.12. The van der Waals surface area contributed by atoms with Crippen LogP contribution in [0.1, 0.15) is 5.56 Å². The minimum Gasteiger partial charge on any atom is -0.504 e. The number of hydrogen-bond acceptors (Lipinski definition) is 7. The molecule has 0 unspecified atom stereocenters. The van der Waals surface area contributed by atoms with Crippen LogP contribution >= 0.6 is 0 Å². The number of rotatable bonds is 5. The fourth-order valence-electron chi connectivity index (χ4n) is 2.25. The number of hydrogen-bond donors (Lipinski definition) is 2. The van der Waals surface area contributed by atoms with Crippen molar-refractivity contribution in [2.75, 3.05) is 0 Å². The Morgan fingerprint density at radius 1 is 0.852 bits per heavy atom. The summed E-state index contributed by atoms with van der Waals surface area (Å²) >= 11 is 0. The Morgan fingerprint density at radius 2 is 1.59 bits per heavy atom. The van der Waals surface area contributed by atoms with Crippen molar-refractivity contribution < 1.29 is 22.8 Å². The Kier molecular flexibility index (Phi) is 5.09. The van der Waals surface area contributed by atoms with Gasteiger partial charge in [-0.25, -0.2) is 0 Å². The Labute approximate surface area is 156 Å². The van der Waals surface area contributed by atoms with Crippen molar-refractivity contribution in [3.05, 3.63) is 72.3 Å². The molecule has 0 aliphatic heterocycles. The summed E-state index contributed by atoms with van der Waals surface area (Å²) in [6.45, 7) is 1.79. The number of para-hydroxylation sites is 1. The van der Waals surface area contributed by atoms with Crippen molar-refractivity contribution in [2.45, 2.75) is 11.8 Å². The zero-order valence-electron chi connectivity index (χ0n) is 14.3. The number of aromatic hydroxyl groups is 2. The molecule has 0 aromatic heterocycles. The molecule has 0 aliphatic carbocycles. The summed E-state index contributed by atoms with van der Waals surface area (Å²) in [5, 5.41) is 26.8. The number of phenolic OH excluding ortho intramolecular Hbond substituents is 2. The van der Waals surface area contributed by atoms with Gasteiger partial charge >= 0.3 is 10.1 Å². The normalized spacial score (nSPS) is 11.6. The topological polar surface area (TPSA) is 109 Å². The van der Waals surface area contributed by atoms with Crippen molar-refractivity contribution in [1.82, 2.24) is 0 Å². The van der Waals surface area contributed by atoms with Gasteiger partial charge in [-0.15, -0.1) is 5.11 Å². The van der Waals surface area contributed by atoms with Gasteiger partial charge in [-0.3, -0.25) is 0 Å². The van der Waals surface area contributed by atoms with Gasteiger partial charge in [0.15, 0.2) is 11.5 Å². The van der Waals surface area contributed by atoms with E-state index >= 15 is 0 Å². The predicted molar refractivity (Wildman–Crippen MR) is 99.4 cm³/mol. The van der Waals surface area contributed by atoms with Crippen LogP contribution in [0.4, 0.5) is 11.4 Å². The van der Waals surface area contributed by atoms with Crippen molar-refractivity contribution in [3.63, 3.8) is 0 Å². The molecule has 3 aromatic rings. The summed E-state index contributed by atoms with van der Waals surface area (Å²) < 4.78 is 30.4. The van der Waals surface area contributed by atoms with Gasteiger partial charge in [0, 0.05) is 6.07 Å². The lowest BCUT2D eigenvalue weighted by Crippen LogP contribution is -2.10. The van der Waals surface area contributed by atoms with Crippen LogP contribution in [0, 0.1) is 6.92 Å². The van der Waals surface area contributed by atoms with E-state index < -0.39 is 10.1 Å². The van der Waals surface area contributed by atoms with E-state index in [-0.39, 0.29) is 33.5 Å². The van der Waals surface area contributed by atoms with Gasteiger partial charge in [-0.1, -0.05) is 24.3 Å². The van der Waals surface area contributed by atoms with E-state index in [1.807, 2.05) is 0 Å². The molecule has 0 spiro atoms. The molecular weight excluding hydrogens is 368 g/mol. The molecule has 0 saturated carbocycles. The number of phenols is 2. The average Bonchev–Trinajstić information content (AvgIpc) is 2.63. The highest BCUT2D eigenvalue weighted by Crippen LogP contribution is 2.32. The van der Waals surface area contributed by atoms with Gasteiger partial charge < -0.3 is 14.4 Å². The molecule has 3 rings (SSSR count). The van der Waals surface area contributed by atoms with E-state index in [4.69, 9.17) is 4.18 Å². The minimum absolute atomic E-state index is 0.0958. The van der Waals surface area contributed by atoms with E-state index in [9.17, 15) is 18.6 Å². The molecule has 8 heteroatoms. The first-order valence-electron chi connectivity index (χ1n) is 7.89. The Balaban J connectivity index is 1.97. The monoisotopic (exact) mass is 384 g/mol. The first-order valence-corrected chi connectivity index (χ1v) is 9.30. The molecule has 0 atom stereocenters. The molecule has 0 heterocycles. The molecular formula is C19H16N2O5S. The molecule has 7 nitrogen and oxygen atoms in total. The second-order valence-electron chi connectivity index (χ2n) is 5.69. The quantitative estimate of drug-likeness (QED) is 0.380. The van der Waals surface area contributed by atoms with Crippen LogP contribution < -0.4 is 4.18 Å². The summed E-state index contributed by atoms with van der Waals surface area (Å²) in [5.41, 5.74) is 1.13. The molecule has 27 heavy (non-hydrogen) atoms. The standard InChI is InChI=1S/C19H16N2O5S/c1-13-7-10-19(27(24,25)26-15-5-3-2-4-6-15)16(11-13)21-20-14-8-9-17(22)18(23)12-14/h2-12,22-23H,1H3. The van der Waals surface area contributed by atoms with E-state index in [0.717, 1.165) is 5.56 Å². The van der Waals surface area contributed by atoms with E-state index in [1.54, 1.807) is 37.3 Å². The van der Waals surface area contributed by atoms with Crippen LogP contribution in [0.5, 0.6) is 17.2 Å². The highest BCUT2D eigenvalue weighted by atomic mass is 32.2. The van der Waals surface area contributed by atoms with Crippen LogP contribution in [0.15, 0.2) is 81.9 Å². The molecule has 0 aliphatic rings. The Bertz CT molecular complexity index is 1100. The van der Waals surface area contributed by atoms with E-state index in [2.05, 4.69) is 10.2 Å². The van der Waals surface area contributed by atoms with Gasteiger partial charge in [-0.05, 0) is 48.9 Å². The Morgan fingerprint density at radius 3 is 2.30 bits per heavy atom. The molecule has 3 aromatic carbocycles. The summed E-state index contributed by atoms with van der Waals surface area (Å²) in [6, 6.07) is 16.6. The molecule has 0 radical (unpaired) electrons. The Hall–Kier alpha value is -3.39. The third-order valence-corrected chi connectivity index (χ3v) is 4.86. The van der Waals surface area contributed by atoms with E-state index in [0.29, 0.717) is 0 Å². The number of nitrogens with zero attached hydrogens (tertiary/aromatic N) is 2. The molecule has 0 saturated heterocycles. The third-order valence-electron chi connectivity index (χ3n) is 3.57. The lowest BCUT2D eigenvalue weighted by atomic mass is 10.2. The lowest BCUT2D eigenvalue weighted by Gasteiger charge is -2.09. The lowest BCUT2D eigenvalue weighted by molar-refractivity contribution is 0.404. The van der Waals surface area contributed by atoms with Crippen LogP contribution in [0.2, 0.25) is 0 Å². The van der Waals surface area contributed by atoms with Gasteiger partial charge in [0.25, 0.3) is 0 Å². The highest BCUT2D eigenvalue weighted by molar-refractivity contribution is 7.87. The highest BCUT2D eigenvalue weighted by Gasteiger charge is 2.21. The SMILES string of the molecule is Cc1ccc(S(=O)(=O)Oc2ccccc2)c(N=Nc2ccc(O)c(O)c2)c1. The minimum atomic E-state index is -4.12. The maximum Gasteiger partial charge on any atom is 0.341 e. The zero-order chi connectivity index (χ0) is 19.4. The molecule has 0 bridgehead atoms. The summed E-state index contributed by atoms with van der Waals surface area (Å²) in [6.07, 6.45) is 0. The molecule has 2 N–H and O–H groups in total. The van der Waals surface area contributed by atoms with Crippen molar-refractivity contribution in [2.24, 2.45) is 10.2 Å². The van der Waals surface area contributed by atoms with Gasteiger partial charge in [0.05, 0.1) is 5.69 Å². The second kappa shape index (κ2) is 7.46. The smallest absolute Gasteiger partial charge is 0.341 e. The fraction of sp³-hybridized carbons (Fsp3) is 0.0526.